The van der Waals surface area contributed by atoms with Crippen molar-refractivity contribution in [3.05, 3.63) is 35.5 Å². The predicted octanol–water partition coefficient (Wildman–Crippen LogP) is 3.46. The Balaban J connectivity index is 2.08. The van der Waals surface area contributed by atoms with Gasteiger partial charge in [-0.2, -0.15) is 0 Å². The summed E-state index contributed by atoms with van der Waals surface area (Å²) in [6, 6.07) is 6.85. The molecule has 0 amide bonds. The Kier molecular flexibility index (Phi) is 2.67. The van der Waals surface area contributed by atoms with E-state index in [9.17, 15) is 0 Å². The van der Waals surface area contributed by atoms with Crippen LogP contribution in [0.3, 0.4) is 0 Å². The van der Waals surface area contributed by atoms with E-state index >= 15 is 0 Å². The predicted molar refractivity (Wildman–Crippen MR) is 72.2 cm³/mol. The van der Waals surface area contributed by atoms with E-state index in [-0.39, 0.29) is 0 Å². The van der Waals surface area contributed by atoms with Crippen molar-refractivity contribution in [1.29, 1.82) is 0 Å². The summed E-state index contributed by atoms with van der Waals surface area (Å²) < 4.78 is 0. The maximum Gasteiger partial charge on any atom is 0.0486 e. The van der Waals surface area contributed by atoms with Crippen molar-refractivity contribution >= 4 is 10.9 Å². The Morgan fingerprint density at radius 1 is 1.24 bits per heavy atom. The van der Waals surface area contributed by atoms with E-state index in [4.69, 9.17) is 5.73 Å². The van der Waals surface area contributed by atoms with Crippen LogP contribution in [0.5, 0.6) is 0 Å². The summed E-state index contributed by atoms with van der Waals surface area (Å²) in [7, 11) is 0. The fraction of sp³-hybridized carbons (Fsp3) is 0.467. The van der Waals surface area contributed by atoms with Crippen molar-refractivity contribution in [2.24, 2.45) is 5.73 Å². The average Bonchev–Trinajstić information content (AvgIpc) is 2.75. The number of nitrogens with two attached hydrogens (primary N) is 1. The lowest BCUT2D eigenvalue weighted by molar-refractivity contribution is 0.387. The highest BCUT2D eigenvalue weighted by molar-refractivity contribution is 5.86. The summed E-state index contributed by atoms with van der Waals surface area (Å²) in [5, 5.41) is 1.37. The van der Waals surface area contributed by atoms with Crippen molar-refractivity contribution in [3.63, 3.8) is 0 Å². The van der Waals surface area contributed by atoms with Crippen molar-refractivity contribution < 1.29 is 0 Å². The van der Waals surface area contributed by atoms with Gasteiger partial charge in [-0.15, -0.1) is 0 Å². The minimum Gasteiger partial charge on any atom is -0.361 e. The van der Waals surface area contributed by atoms with Gasteiger partial charge < -0.3 is 10.7 Å². The van der Waals surface area contributed by atoms with Gasteiger partial charge in [-0.3, -0.25) is 0 Å². The Labute approximate surface area is 102 Å². The second-order valence-corrected chi connectivity index (χ2v) is 5.30. The third kappa shape index (κ3) is 1.77. The highest BCUT2D eigenvalue weighted by Crippen LogP contribution is 2.36. The van der Waals surface area contributed by atoms with Crippen molar-refractivity contribution in [2.75, 3.05) is 0 Å². The van der Waals surface area contributed by atoms with E-state index < -0.39 is 0 Å². The highest BCUT2D eigenvalue weighted by Gasteiger charge is 2.25. The number of benzene rings is 1. The molecule has 1 aromatic carbocycles. The van der Waals surface area contributed by atoms with E-state index in [2.05, 4.69) is 36.3 Å². The van der Waals surface area contributed by atoms with Crippen LogP contribution in [0.2, 0.25) is 0 Å². The van der Waals surface area contributed by atoms with Crippen LogP contribution >= 0.6 is 0 Å². The molecule has 0 bridgehead atoms. The van der Waals surface area contributed by atoms with Crippen LogP contribution < -0.4 is 5.73 Å². The Hall–Kier alpha value is -1.28. The summed E-state index contributed by atoms with van der Waals surface area (Å²) in [5.41, 5.74) is 10.3. The van der Waals surface area contributed by atoms with Gasteiger partial charge in [0.15, 0.2) is 0 Å². The van der Waals surface area contributed by atoms with Crippen LogP contribution in [-0.4, -0.2) is 11.0 Å². The molecule has 1 saturated carbocycles. The molecule has 3 N–H and O–H groups in total. The fourth-order valence-corrected chi connectivity index (χ4v) is 3.18. The molecule has 1 fully saturated rings. The number of hydrogen-bond acceptors (Lipinski definition) is 1. The van der Waals surface area contributed by atoms with Gasteiger partial charge in [0.25, 0.3) is 0 Å². The molecular formula is C15H20N2. The first-order valence-electron chi connectivity index (χ1n) is 6.59. The molecule has 17 heavy (non-hydrogen) atoms. The van der Waals surface area contributed by atoms with Crippen LogP contribution in [0, 0.1) is 6.92 Å². The maximum absolute atomic E-state index is 6.29. The topological polar surface area (TPSA) is 41.8 Å². The van der Waals surface area contributed by atoms with E-state index in [1.54, 1.807) is 0 Å². The molecule has 1 aliphatic rings. The summed E-state index contributed by atoms with van der Waals surface area (Å²) in [6.45, 7) is 2.16. The standard InChI is InChI=1S/C15H20N2/c1-10-5-4-7-12-13(9-17-15(10)12)11-6-2-3-8-14(11)16/h4-5,7,9,11,14,17H,2-3,6,8,16H2,1H3. The first-order valence-corrected chi connectivity index (χ1v) is 6.59. The number of hydrogen-bond donors (Lipinski definition) is 2. The van der Waals surface area contributed by atoms with Crippen LogP contribution in [0.1, 0.15) is 42.7 Å². The van der Waals surface area contributed by atoms with E-state index in [1.165, 1.54) is 47.7 Å². The van der Waals surface area contributed by atoms with E-state index in [0.717, 1.165) is 0 Å². The summed E-state index contributed by atoms with van der Waals surface area (Å²) in [5.74, 6) is 0.541. The zero-order valence-electron chi connectivity index (χ0n) is 10.4. The molecule has 2 aromatic rings. The largest absolute Gasteiger partial charge is 0.361 e. The van der Waals surface area contributed by atoms with Gasteiger partial charge >= 0.3 is 0 Å². The molecule has 2 heteroatoms. The maximum atomic E-state index is 6.29. The molecule has 1 aliphatic carbocycles. The van der Waals surface area contributed by atoms with E-state index in [1.807, 2.05) is 0 Å². The van der Waals surface area contributed by atoms with Crippen LogP contribution in [0.4, 0.5) is 0 Å². The fourth-order valence-electron chi connectivity index (χ4n) is 3.18. The van der Waals surface area contributed by atoms with E-state index in [0.29, 0.717) is 12.0 Å². The number of fused-ring (bicyclic) bond motifs is 1. The smallest absolute Gasteiger partial charge is 0.0486 e. The summed E-state index contributed by atoms with van der Waals surface area (Å²) in [6.07, 6.45) is 7.19. The molecule has 2 atom stereocenters. The molecule has 90 valence electrons. The van der Waals surface area contributed by atoms with Gasteiger partial charge in [0.1, 0.15) is 0 Å². The zero-order valence-corrected chi connectivity index (χ0v) is 10.4. The average molecular weight is 228 g/mol. The SMILES string of the molecule is Cc1cccc2c(C3CCCCC3N)c[nH]c12. The highest BCUT2D eigenvalue weighted by atomic mass is 14.7. The lowest BCUT2D eigenvalue weighted by Crippen LogP contribution is -2.31. The van der Waals surface area contributed by atoms with Gasteiger partial charge in [0, 0.05) is 29.1 Å². The third-order valence-electron chi connectivity index (χ3n) is 4.17. The Morgan fingerprint density at radius 3 is 2.88 bits per heavy atom. The third-order valence-corrected chi connectivity index (χ3v) is 4.17. The lowest BCUT2D eigenvalue weighted by atomic mass is 9.80. The molecule has 2 unspecified atom stereocenters. The van der Waals surface area contributed by atoms with Gasteiger partial charge in [-0.1, -0.05) is 31.0 Å². The molecule has 1 aromatic heterocycles. The minimum atomic E-state index is 0.336. The van der Waals surface area contributed by atoms with Gasteiger partial charge in [0.2, 0.25) is 0 Å². The first-order chi connectivity index (χ1) is 8.27. The van der Waals surface area contributed by atoms with Crippen molar-refractivity contribution in [2.45, 2.75) is 44.6 Å². The molecule has 0 aliphatic heterocycles. The second-order valence-electron chi connectivity index (χ2n) is 5.30. The molecular weight excluding hydrogens is 208 g/mol. The number of H-pyrrole nitrogens is 1. The second kappa shape index (κ2) is 4.19. The minimum absolute atomic E-state index is 0.336. The Morgan fingerprint density at radius 2 is 2.06 bits per heavy atom. The van der Waals surface area contributed by atoms with Crippen molar-refractivity contribution in [3.8, 4) is 0 Å². The number of aryl methyl sites for hydroxylation is 1. The Bertz CT molecular complexity index is 527. The number of nitrogens with one attached hydrogen (secondary N) is 1. The monoisotopic (exact) mass is 228 g/mol. The first kappa shape index (κ1) is 10.8. The summed E-state index contributed by atoms with van der Waals surface area (Å²) in [4.78, 5) is 3.42. The van der Waals surface area contributed by atoms with Gasteiger partial charge in [-0.25, -0.2) is 0 Å². The number of para-hydroxylation sites is 1. The molecule has 3 rings (SSSR count). The number of aromatic amines is 1. The van der Waals surface area contributed by atoms with Crippen LogP contribution in [0.25, 0.3) is 10.9 Å². The zero-order chi connectivity index (χ0) is 11.8. The molecule has 1 heterocycles. The van der Waals surface area contributed by atoms with Gasteiger partial charge in [-0.05, 0) is 30.9 Å². The molecule has 0 spiro atoms. The summed E-state index contributed by atoms with van der Waals surface area (Å²) >= 11 is 0. The van der Waals surface area contributed by atoms with Crippen LogP contribution in [0.15, 0.2) is 24.4 Å². The quantitative estimate of drug-likeness (QED) is 0.771. The van der Waals surface area contributed by atoms with Gasteiger partial charge in [0.05, 0.1) is 0 Å². The van der Waals surface area contributed by atoms with Crippen molar-refractivity contribution in [1.82, 2.24) is 4.98 Å². The van der Waals surface area contributed by atoms with Crippen LogP contribution in [-0.2, 0) is 0 Å². The molecule has 0 radical (unpaired) electrons. The number of rotatable bonds is 1. The number of aromatic nitrogens is 1. The molecule has 0 saturated heterocycles. The molecule has 2 nitrogen and oxygen atoms in total. The lowest BCUT2D eigenvalue weighted by Gasteiger charge is -2.28. The normalized spacial score (nSPS) is 25.3.